The average molecular weight is 331 g/mol. The number of piperidine rings is 1. The molecule has 0 N–H and O–H groups in total. The highest BCUT2D eigenvalue weighted by atomic mass is 16.2. The topological polar surface area (TPSA) is 69.6 Å². The molecule has 130 valence electrons. The van der Waals surface area contributed by atoms with Gasteiger partial charge in [-0.3, -0.25) is 9.59 Å². The second kappa shape index (κ2) is 7.15. The standard InChI is InChI=1S/C17H25N5O2/c1-13-3-5-22(6-4-13)17(24)15-11-16(19-12-18-15)21-9-7-20(8-10-21)14(2)23/h11-13H,3-10H2,1-2H3. The van der Waals surface area contributed by atoms with Crippen LogP contribution < -0.4 is 4.90 Å². The van der Waals surface area contributed by atoms with Gasteiger partial charge in [-0.1, -0.05) is 6.92 Å². The van der Waals surface area contributed by atoms with Crippen molar-refractivity contribution in [1.82, 2.24) is 19.8 Å². The first kappa shape index (κ1) is 16.7. The smallest absolute Gasteiger partial charge is 0.272 e. The Bertz CT molecular complexity index is 605. The Morgan fingerprint density at radius 2 is 1.67 bits per heavy atom. The van der Waals surface area contributed by atoms with Crippen LogP contribution in [-0.4, -0.2) is 70.9 Å². The maximum atomic E-state index is 12.6. The molecule has 2 aliphatic heterocycles. The molecule has 0 aliphatic carbocycles. The van der Waals surface area contributed by atoms with Crippen molar-refractivity contribution in [3.8, 4) is 0 Å². The van der Waals surface area contributed by atoms with E-state index >= 15 is 0 Å². The van der Waals surface area contributed by atoms with Crippen molar-refractivity contribution in [3.05, 3.63) is 18.1 Å². The Hall–Kier alpha value is -2.18. The van der Waals surface area contributed by atoms with Crippen molar-refractivity contribution >= 4 is 17.6 Å². The Kier molecular flexibility index (Phi) is 4.97. The molecule has 0 unspecified atom stereocenters. The Morgan fingerprint density at radius 3 is 2.29 bits per heavy atom. The summed E-state index contributed by atoms with van der Waals surface area (Å²) in [6, 6.07) is 1.78. The molecule has 2 saturated heterocycles. The number of aromatic nitrogens is 2. The molecule has 2 aliphatic rings. The van der Waals surface area contributed by atoms with Gasteiger partial charge in [-0.05, 0) is 18.8 Å². The Balaban J connectivity index is 1.66. The van der Waals surface area contributed by atoms with E-state index < -0.39 is 0 Å². The third-order valence-electron chi connectivity index (χ3n) is 4.99. The number of carbonyl (C=O) groups is 2. The van der Waals surface area contributed by atoms with Gasteiger partial charge in [0.2, 0.25) is 5.91 Å². The first-order chi connectivity index (χ1) is 11.5. The van der Waals surface area contributed by atoms with Crippen LogP contribution in [0.1, 0.15) is 37.2 Å². The zero-order chi connectivity index (χ0) is 17.1. The van der Waals surface area contributed by atoms with Crippen LogP contribution in [0.15, 0.2) is 12.4 Å². The fraction of sp³-hybridized carbons (Fsp3) is 0.647. The SMILES string of the molecule is CC(=O)N1CCN(c2cc(C(=O)N3CCC(C)CC3)ncn2)CC1. The number of likely N-dealkylation sites (tertiary alicyclic amines) is 1. The fourth-order valence-corrected chi connectivity index (χ4v) is 3.26. The van der Waals surface area contributed by atoms with Gasteiger partial charge in [-0.15, -0.1) is 0 Å². The lowest BCUT2D eigenvalue weighted by atomic mass is 9.99. The molecule has 1 aromatic heterocycles. The van der Waals surface area contributed by atoms with Gasteiger partial charge in [0.1, 0.15) is 17.8 Å². The van der Waals surface area contributed by atoms with Crippen molar-refractivity contribution in [2.24, 2.45) is 5.92 Å². The van der Waals surface area contributed by atoms with E-state index in [4.69, 9.17) is 0 Å². The summed E-state index contributed by atoms with van der Waals surface area (Å²) in [7, 11) is 0. The van der Waals surface area contributed by atoms with Crippen molar-refractivity contribution in [1.29, 1.82) is 0 Å². The van der Waals surface area contributed by atoms with E-state index in [2.05, 4.69) is 21.8 Å². The Labute approximate surface area is 142 Å². The normalized spacial score (nSPS) is 19.5. The minimum Gasteiger partial charge on any atom is -0.353 e. The molecule has 24 heavy (non-hydrogen) atoms. The van der Waals surface area contributed by atoms with Gasteiger partial charge in [0.25, 0.3) is 5.91 Å². The van der Waals surface area contributed by atoms with E-state index in [9.17, 15) is 9.59 Å². The molecular weight excluding hydrogens is 306 g/mol. The first-order valence-corrected chi connectivity index (χ1v) is 8.66. The second-order valence-corrected chi connectivity index (χ2v) is 6.73. The van der Waals surface area contributed by atoms with Crippen LogP contribution in [0.2, 0.25) is 0 Å². The molecule has 7 nitrogen and oxygen atoms in total. The quantitative estimate of drug-likeness (QED) is 0.809. The minimum atomic E-state index is -0.00655. The second-order valence-electron chi connectivity index (χ2n) is 6.73. The highest BCUT2D eigenvalue weighted by Gasteiger charge is 2.24. The summed E-state index contributed by atoms with van der Waals surface area (Å²) >= 11 is 0. The number of hydrogen-bond donors (Lipinski definition) is 0. The third-order valence-corrected chi connectivity index (χ3v) is 4.99. The van der Waals surface area contributed by atoms with Crippen molar-refractivity contribution in [2.45, 2.75) is 26.7 Å². The summed E-state index contributed by atoms with van der Waals surface area (Å²) in [4.78, 5) is 38.4. The first-order valence-electron chi connectivity index (χ1n) is 8.66. The summed E-state index contributed by atoms with van der Waals surface area (Å²) in [6.45, 7) is 8.26. The van der Waals surface area contributed by atoms with Crippen LogP contribution in [-0.2, 0) is 4.79 Å². The molecule has 2 fully saturated rings. The maximum absolute atomic E-state index is 12.6. The molecule has 2 amide bonds. The largest absolute Gasteiger partial charge is 0.353 e. The highest BCUT2D eigenvalue weighted by Crippen LogP contribution is 2.19. The van der Waals surface area contributed by atoms with E-state index in [0.717, 1.165) is 44.8 Å². The van der Waals surface area contributed by atoms with Crippen molar-refractivity contribution in [3.63, 3.8) is 0 Å². The minimum absolute atomic E-state index is 0.00655. The van der Waals surface area contributed by atoms with Gasteiger partial charge in [0.05, 0.1) is 0 Å². The fourth-order valence-electron chi connectivity index (χ4n) is 3.26. The number of hydrogen-bond acceptors (Lipinski definition) is 5. The summed E-state index contributed by atoms with van der Waals surface area (Å²) in [6.07, 6.45) is 3.57. The molecule has 0 aromatic carbocycles. The van der Waals surface area contributed by atoms with Crippen LogP contribution in [0, 0.1) is 5.92 Å². The maximum Gasteiger partial charge on any atom is 0.272 e. The summed E-state index contributed by atoms with van der Waals surface area (Å²) in [5.41, 5.74) is 0.462. The van der Waals surface area contributed by atoms with E-state index in [1.807, 2.05) is 9.80 Å². The lowest BCUT2D eigenvalue weighted by Crippen LogP contribution is -2.48. The van der Waals surface area contributed by atoms with Crippen LogP contribution in [0.4, 0.5) is 5.82 Å². The molecule has 3 heterocycles. The summed E-state index contributed by atoms with van der Waals surface area (Å²) < 4.78 is 0. The lowest BCUT2D eigenvalue weighted by molar-refractivity contribution is -0.129. The van der Waals surface area contributed by atoms with Gasteiger partial charge in [0.15, 0.2) is 0 Å². The number of rotatable bonds is 2. The van der Waals surface area contributed by atoms with E-state index in [1.165, 1.54) is 6.33 Å². The van der Waals surface area contributed by atoms with Crippen molar-refractivity contribution in [2.75, 3.05) is 44.2 Å². The Morgan fingerprint density at radius 1 is 1.00 bits per heavy atom. The van der Waals surface area contributed by atoms with Gasteiger partial charge in [-0.25, -0.2) is 9.97 Å². The molecule has 0 bridgehead atoms. The van der Waals surface area contributed by atoms with Crippen LogP contribution >= 0.6 is 0 Å². The van der Waals surface area contributed by atoms with E-state index in [-0.39, 0.29) is 11.8 Å². The number of nitrogens with zero attached hydrogens (tertiary/aromatic N) is 5. The number of piperazine rings is 1. The molecule has 1 aromatic rings. The highest BCUT2D eigenvalue weighted by molar-refractivity contribution is 5.93. The molecule has 7 heteroatoms. The molecule has 0 saturated carbocycles. The van der Waals surface area contributed by atoms with Crippen LogP contribution in [0.5, 0.6) is 0 Å². The summed E-state index contributed by atoms with van der Waals surface area (Å²) in [5.74, 6) is 1.55. The van der Waals surface area contributed by atoms with Gasteiger partial charge < -0.3 is 14.7 Å². The molecule has 0 atom stereocenters. The zero-order valence-electron chi connectivity index (χ0n) is 14.4. The molecule has 3 rings (SSSR count). The molecular formula is C17H25N5O2. The predicted molar refractivity (Wildman–Crippen MR) is 90.8 cm³/mol. The summed E-state index contributed by atoms with van der Waals surface area (Å²) in [5, 5.41) is 0. The average Bonchev–Trinajstić information content (AvgIpc) is 2.62. The van der Waals surface area contributed by atoms with Crippen LogP contribution in [0.3, 0.4) is 0 Å². The van der Waals surface area contributed by atoms with Gasteiger partial charge >= 0.3 is 0 Å². The van der Waals surface area contributed by atoms with E-state index in [0.29, 0.717) is 24.7 Å². The zero-order valence-corrected chi connectivity index (χ0v) is 14.4. The van der Waals surface area contributed by atoms with Crippen LogP contribution in [0.25, 0.3) is 0 Å². The third kappa shape index (κ3) is 3.66. The van der Waals surface area contributed by atoms with E-state index in [1.54, 1.807) is 13.0 Å². The van der Waals surface area contributed by atoms with Crippen molar-refractivity contribution < 1.29 is 9.59 Å². The monoisotopic (exact) mass is 331 g/mol. The van der Waals surface area contributed by atoms with Gasteiger partial charge in [0, 0.05) is 52.3 Å². The molecule has 0 radical (unpaired) electrons. The van der Waals surface area contributed by atoms with Gasteiger partial charge in [-0.2, -0.15) is 0 Å². The predicted octanol–water partition coefficient (Wildman–Crippen LogP) is 1.02. The molecule has 0 spiro atoms. The lowest BCUT2D eigenvalue weighted by Gasteiger charge is -2.35. The number of carbonyl (C=O) groups excluding carboxylic acids is 2. The number of anilines is 1. The number of amides is 2.